The molecule has 108 valence electrons. The zero-order valence-electron chi connectivity index (χ0n) is 11.3. The smallest absolute Gasteiger partial charge is 0.243 e. The van der Waals surface area contributed by atoms with Gasteiger partial charge in [-0.1, -0.05) is 18.5 Å². The number of pyridine rings is 1. The van der Waals surface area contributed by atoms with Gasteiger partial charge in [0.1, 0.15) is 5.15 Å². The van der Waals surface area contributed by atoms with E-state index in [0.717, 1.165) is 6.42 Å². The standard InChI is InChI=1S/C12H19ClN2O3S/c1-4-10(2)15(7-8-18-3)19(16,17)11-5-6-14-12(13)9-11/h5-6,9-10H,4,7-8H2,1-3H3. The molecule has 1 atom stereocenters. The molecule has 7 heteroatoms. The highest BCUT2D eigenvalue weighted by Gasteiger charge is 2.28. The topological polar surface area (TPSA) is 59.5 Å². The first-order valence-electron chi connectivity index (χ1n) is 6.05. The third-order valence-electron chi connectivity index (χ3n) is 2.90. The zero-order valence-corrected chi connectivity index (χ0v) is 12.9. The molecule has 0 saturated heterocycles. The predicted octanol–water partition coefficient (Wildman–Crippen LogP) is 2.17. The minimum Gasteiger partial charge on any atom is -0.383 e. The van der Waals surface area contributed by atoms with E-state index in [1.807, 2.05) is 13.8 Å². The van der Waals surface area contributed by atoms with Crippen molar-refractivity contribution in [2.24, 2.45) is 0 Å². The molecule has 1 heterocycles. The molecule has 0 aliphatic carbocycles. The molecule has 0 amide bonds. The molecule has 0 fully saturated rings. The zero-order chi connectivity index (χ0) is 14.5. The predicted molar refractivity (Wildman–Crippen MR) is 74.8 cm³/mol. The lowest BCUT2D eigenvalue weighted by Gasteiger charge is -2.27. The van der Waals surface area contributed by atoms with Gasteiger partial charge in [0.05, 0.1) is 11.5 Å². The van der Waals surface area contributed by atoms with E-state index in [2.05, 4.69) is 4.98 Å². The van der Waals surface area contributed by atoms with Crippen LogP contribution < -0.4 is 0 Å². The van der Waals surface area contributed by atoms with Crippen molar-refractivity contribution >= 4 is 21.6 Å². The van der Waals surface area contributed by atoms with Crippen LogP contribution in [0.15, 0.2) is 23.2 Å². The van der Waals surface area contributed by atoms with Gasteiger partial charge in [-0.15, -0.1) is 0 Å². The van der Waals surface area contributed by atoms with Crippen LogP contribution in [-0.4, -0.2) is 44.0 Å². The summed E-state index contributed by atoms with van der Waals surface area (Å²) < 4.78 is 31.6. The summed E-state index contributed by atoms with van der Waals surface area (Å²) in [5.74, 6) is 0. The minimum atomic E-state index is -3.58. The van der Waals surface area contributed by atoms with Crippen LogP contribution in [0.4, 0.5) is 0 Å². The molecule has 0 aromatic carbocycles. The third-order valence-corrected chi connectivity index (χ3v) is 5.12. The van der Waals surface area contributed by atoms with E-state index in [4.69, 9.17) is 16.3 Å². The van der Waals surface area contributed by atoms with E-state index in [9.17, 15) is 8.42 Å². The van der Waals surface area contributed by atoms with Gasteiger partial charge in [0.2, 0.25) is 10.0 Å². The number of aromatic nitrogens is 1. The highest BCUT2D eigenvalue weighted by Crippen LogP contribution is 2.21. The molecule has 19 heavy (non-hydrogen) atoms. The summed E-state index contributed by atoms with van der Waals surface area (Å²) in [6, 6.07) is 2.70. The molecule has 0 aliphatic rings. The van der Waals surface area contributed by atoms with Gasteiger partial charge in [0, 0.05) is 25.9 Å². The number of hydrogen-bond donors (Lipinski definition) is 0. The van der Waals surface area contributed by atoms with Crippen LogP contribution in [0.1, 0.15) is 20.3 Å². The summed E-state index contributed by atoms with van der Waals surface area (Å²) in [4.78, 5) is 3.95. The number of sulfonamides is 1. The average molecular weight is 307 g/mol. The van der Waals surface area contributed by atoms with Crippen molar-refractivity contribution in [3.63, 3.8) is 0 Å². The average Bonchev–Trinajstić information content (AvgIpc) is 2.38. The van der Waals surface area contributed by atoms with Crippen molar-refractivity contribution in [2.75, 3.05) is 20.3 Å². The van der Waals surface area contributed by atoms with Gasteiger partial charge in [0.25, 0.3) is 0 Å². The molecule has 0 spiro atoms. The maximum atomic E-state index is 12.6. The molecule has 1 unspecified atom stereocenters. The molecular formula is C12H19ClN2O3S. The van der Waals surface area contributed by atoms with E-state index >= 15 is 0 Å². The fraction of sp³-hybridized carbons (Fsp3) is 0.583. The Morgan fingerprint density at radius 3 is 2.74 bits per heavy atom. The van der Waals surface area contributed by atoms with Crippen molar-refractivity contribution in [3.05, 3.63) is 23.5 Å². The number of halogens is 1. The number of ether oxygens (including phenoxy) is 1. The van der Waals surface area contributed by atoms with Crippen LogP contribution in [0.3, 0.4) is 0 Å². The van der Waals surface area contributed by atoms with Crippen LogP contribution in [0.5, 0.6) is 0 Å². The molecule has 1 aromatic rings. The number of hydrogen-bond acceptors (Lipinski definition) is 4. The lowest BCUT2D eigenvalue weighted by atomic mass is 10.3. The first-order valence-corrected chi connectivity index (χ1v) is 7.87. The Kier molecular flexibility index (Phi) is 6.19. The number of rotatable bonds is 7. The molecule has 0 aliphatic heterocycles. The molecular weight excluding hydrogens is 288 g/mol. The molecule has 0 bridgehead atoms. The Balaban J connectivity index is 3.11. The Morgan fingerprint density at radius 1 is 1.53 bits per heavy atom. The molecule has 0 N–H and O–H groups in total. The van der Waals surface area contributed by atoms with Crippen molar-refractivity contribution in [3.8, 4) is 0 Å². The van der Waals surface area contributed by atoms with Gasteiger partial charge < -0.3 is 4.74 Å². The molecule has 5 nitrogen and oxygen atoms in total. The van der Waals surface area contributed by atoms with Crippen molar-refractivity contribution < 1.29 is 13.2 Å². The van der Waals surface area contributed by atoms with Gasteiger partial charge in [-0.2, -0.15) is 4.31 Å². The van der Waals surface area contributed by atoms with Crippen LogP contribution in [0.2, 0.25) is 5.15 Å². The molecule has 0 saturated carbocycles. The number of methoxy groups -OCH3 is 1. The van der Waals surface area contributed by atoms with E-state index in [0.29, 0.717) is 13.2 Å². The third kappa shape index (κ3) is 4.14. The van der Waals surface area contributed by atoms with Crippen LogP contribution in [0.25, 0.3) is 0 Å². The van der Waals surface area contributed by atoms with Crippen LogP contribution in [-0.2, 0) is 14.8 Å². The van der Waals surface area contributed by atoms with Crippen molar-refractivity contribution in [1.82, 2.24) is 9.29 Å². The summed E-state index contributed by atoms with van der Waals surface area (Å²) in [7, 11) is -2.03. The second-order valence-electron chi connectivity index (χ2n) is 4.18. The lowest BCUT2D eigenvalue weighted by Crippen LogP contribution is -2.40. The SMILES string of the molecule is CCC(C)N(CCOC)S(=O)(=O)c1ccnc(Cl)c1. The molecule has 1 rings (SSSR count). The summed E-state index contributed by atoms with van der Waals surface area (Å²) >= 11 is 5.75. The maximum absolute atomic E-state index is 12.6. The fourth-order valence-electron chi connectivity index (χ4n) is 1.64. The van der Waals surface area contributed by atoms with Gasteiger partial charge in [-0.25, -0.2) is 13.4 Å². The normalized spacial score (nSPS) is 13.7. The quantitative estimate of drug-likeness (QED) is 0.724. The minimum absolute atomic E-state index is 0.105. The summed E-state index contributed by atoms with van der Waals surface area (Å²) in [5.41, 5.74) is 0. The molecule has 1 aromatic heterocycles. The Labute approximate surface area is 119 Å². The first kappa shape index (κ1) is 16.4. The Bertz CT molecular complexity index is 507. The highest BCUT2D eigenvalue weighted by molar-refractivity contribution is 7.89. The fourth-order valence-corrected chi connectivity index (χ4v) is 3.58. The monoisotopic (exact) mass is 306 g/mol. The van der Waals surface area contributed by atoms with Gasteiger partial charge in [0.15, 0.2) is 0 Å². The first-order chi connectivity index (χ1) is 8.93. The summed E-state index contributed by atoms with van der Waals surface area (Å²) in [6.07, 6.45) is 2.11. The van der Waals surface area contributed by atoms with Crippen molar-refractivity contribution in [2.45, 2.75) is 31.2 Å². The van der Waals surface area contributed by atoms with Gasteiger partial charge in [-0.05, 0) is 25.5 Å². The van der Waals surface area contributed by atoms with Gasteiger partial charge in [-0.3, -0.25) is 0 Å². The Morgan fingerprint density at radius 2 is 2.21 bits per heavy atom. The van der Waals surface area contributed by atoms with E-state index < -0.39 is 10.0 Å². The maximum Gasteiger partial charge on any atom is 0.243 e. The summed E-state index contributed by atoms with van der Waals surface area (Å²) in [6.45, 7) is 4.48. The van der Waals surface area contributed by atoms with Crippen LogP contribution >= 0.6 is 11.6 Å². The van der Waals surface area contributed by atoms with E-state index in [-0.39, 0.29) is 16.1 Å². The number of nitrogens with zero attached hydrogens (tertiary/aromatic N) is 2. The summed E-state index contributed by atoms with van der Waals surface area (Å²) in [5, 5.41) is 0.164. The highest BCUT2D eigenvalue weighted by atomic mass is 35.5. The van der Waals surface area contributed by atoms with Crippen LogP contribution in [0, 0.1) is 0 Å². The Hall–Kier alpha value is -0.690. The van der Waals surface area contributed by atoms with Crippen molar-refractivity contribution in [1.29, 1.82) is 0 Å². The van der Waals surface area contributed by atoms with Gasteiger partial charge >= 0.3 is 0 Å². The largest absolute Gasteiger partial charge is 0.383 e. The van der Waals surface area contributed by atoms with E-state index in [1.165, 1.54) is 22.6 Å². The molecule has 0 radical (unpaired) electrons. The lowest BCUT2D eigenvalue weighted by molar-refractivity contribution is 0.167. The second kappa shape index (κ2) is 7.19. The second-order valence-corrected chi connectivity index (χ2v) is 6.46. The van der Waals surface area contributed by atoms with E-state index in [1.54, 1.807) is 7.11 Å².